The quantitative estimate of drug-likeness (QED) is 0.156. The fourth-order valence-electron chi connectivity index (χ4n) is 14.4. The fraction of sp³-hybridized carbons (Fsp3) is 0. The second-order valence-electron chi connectivity index (χ2n) is 23.7. The largest absolute Gasteiger partial charge is 0.456 e. The van der Waals surface area contributed by atoms with Gasteiger partial charge in [0, 0.05) is 116 Å². The molecule has 0 atom stereocenters. The van der Waals surface area contributed by atoms with Crippen LogP contribution in [0.3, 0.4) is 0 Å². The van der Waals surface area contributed by atoms with Crippen molar-refractivity contribution in [1.29, 1.82) is 0 Å². The summed E-state index contributed by atoms with van der Waals surface area (Å²) in [6.07, 6.45) is 0. The second-order valence-corrected chi connectivity index (χ2v) is 25.9. The molecule has 428 valence electrons. The molecule has 0 radical (unpaired) electrons. The van der Waals surface area contributed by atoms with Crippen molar-refractivity contribution in [2.45, 2.75) is 0 Å². The third kappa shape index (κ3) is 8.35. The van der Waals surface area contributed by atoms with E-state index in [0.717, 1.165) is 99.0 Å². The van der Waals surface area contributed by atoms with E-state index < -0.39 is 0 Å². The molecular weight excluding hydrogens is 1160 g/mol. The summed E-state index contributed by atoms with van der Waals surface area (Å²) < 4.78 is 18.4. The minimum absolute atomic E-state index is 0.874. The van der Waals surface area contributed by atoms with Crippen molar-refractivity contribution in [3.63, 3.8) is 0 Å². The number of thiophene rings is 2. The Morgan fingerprint density at radius 2 is 0.630 bits per heavy atom. The molecule has 0 bridgehead atoms. The highest BCUT2D eigenvalue weighted by Crippen LogP contribution is 2.49. The maximum absolute atomic E-state index is 6.54. The summed E-state index contributed by atoms with van der Waals surface area (Å²) in [7, 11) is 0. The van der Waals surface area contributed by atoms with Crippen LogP contribution in [0.1, 0.15) is 0 Å². The SMILES string of the molecule is c1ccc(-c2c3c(cc4c(-c5ccc(-c6ccc7sc8ccccc8c7c6)cc5)nc5ccccc5c24)oc2ccccc23)cc1.c1ccc(-c2c3c(cc4c(-c5ccc(-c6cccc7sc8ccccc8c67)cc5)nc5ccccc5c24)oc2ccccc23)cc1. The third-order valence-electron chi connectivity index (χ3n) is 18.5. The number of furan rings is 2. The summed E-state index contributed by atoms with van der Waals surface area (Å²) in [5, 5.41) is 16.6. The average molecular weight is 1210 g/mol. The van der Waals surface area contributed by atoms with E-state index in [1.165, 1.54) is 95.6 Å². The Kier molecular flexibility index (Phi) is 12.0. The van der Waals surface area contributed by atoms with Crippen LogP contribution in [-0.4, -0.2) is 9.97 Å². The molecule has 0 fully saturated rings. The summed E-state index contributed by atoms with van der Waals surface area (Å²) in [5.41, 5.74) is 19.1. The standard InChI is InChI=1S/2C43H25NOS/c1-2-11-27(12-3-1)39-41-30-13-4-7-17-34(30)44-43(33(41)25-36-42(39)31-14-5-8-18-35(31)45-36)28-23-21-26(22-24-28)29-16-10-20-38-40(29)32-15-6-9-19-37(32)46-38;1-2-10-27(11-3-1)40-41-31-13-4-7-15-35(31)44-43(34(41)25-37-42(40)32-14-5-8-16-36(32)45-37)28-20-18-26(19-21-28)29-22-23-39-33(24-29)30-12-6-9-17-38(30)46-39/h2*1-25H. The lowest BCUT2D eigenvalue weighted by molar-refractivity contribution is 0.669. The lowest BCUT2D eigenvalue weighted by atomic mass is 9.89. The van der Waals surface area contributed by atoms with Crippen LogP contribution < -0.4 is 0 Å². The minimum Gasteiger partial charge on any atom is -0.456 e. The van der Waals surface area contributed by atoms with Crippen LogP contribution in [0.4, 0.5) is 0 Å². The molecule has 0 N–H and O–H groups in total. The molecule has 6 heteroatoms. The Morgan fingerprint density at radius 1 is 0.217 bits per heavy atom. The Bertz CT molecular complexity index is 6360. The van der Waals surface area contributed by atoms with Crippen LogP contribution in [-0.2, 0) is 0 Å². The first-order chi connectivity index (χ1) is 45.6. The topological polar surface area (TPSA) is 52.1 Å². The molecule has 0 saturated heterocycles. The Balaban J connectivity index is 0.000000132. The zero-order valence-corrected chi connectivity index (χ0v) is 51.0. The van der Waals surface area contributed by atoms with Gasteiger partial charge in [0.05, 0.1) is 22.4 Å². The van der Waals surface area contributed by atoms with E-state index in [2.05, 4.69) is 291 Å². The predicted octanol–water partition coefficient (Wildman–Crippen LogP) is 25.3. The molecule has 20 rings (SSSR count). The Morgan fingerprint density at radius 3 is 1.20 bits per heavy atom. The zero-order chi connectivity index (χ0) is 60.4. The predicted molar refractivity (Wildman–Crippen MR) is 391 cm³/mol. The maximum atomic E-state index is 6.54. The molecule has 4 nitrogen and oxygen atoms in total. The van der Waals surface area contributed by atoms with E-state index in [9.17, 15) is 0 Å². The van der Waals surface area contributed by atoms with Gasteiger partial charge in [-0.3, -0.25) is 0 Å². The molecule has 6 heterocycles. The van der Waals surface area contributed by atoms with Crippen LogP contribution in [0.2, 0.25) is 0 Å². The molecule has 0 amide bonds. The first-order valence-corrected chi connectivity index (χ1v) is 32.7. The molecule has 0 unspecified atom stereocenters. The van der Waals surface area contributed by atoms with Crippen molar-refractivity contribution < 1.29 is 8.83 Å². The monoisotopic (exact) mass is 1210 g/mol. The number of para-hydroxylation sites is 4. The van der Waals surface area contributed by atoms with E-state index >= 15 is 0 Å². The number of benzene rings is 14. The van der Waals surface area contributed by atoms with E-state index in [-0.39, 0.29) is 0 Å². The number of hydrogen-bond acceptors (Lipinski definition) is 6. The maximum Gasteiger partial charge on any atom is 0.136 e. The van der Waals surface area contributed by atoms with Crippen LogP contribution in [0.25, 0.3) is 195 Å². The second kappa shape index (κ2) is 21.0. The van der Waals surface area contributed by atoms with Crippen LogP contribution in [0.15, 0.2) is 312 Å². The van der Waals surface area contributed by atoms with Gasteiger partial charge in [0.25, 0.3) is 0 Å². The van der Waals surface area contributed by atoms with Gasteiger partial charge in [0.15, 0.2) is 0 Å². The molecule has 0 aliphatic rings. The van der Waals surface area contributed by atoms with Crippen LogP contribution >= 0.6 is 22.7 Å². The van der Waals surface area contributed by atoms with Gasteiger partial charge in [-0.1, -0.05) is 237 Å². The van der Waals surface area contributed by atoms with Gasteiger partial charge in [-0.05, 0) is 100 Å². The van der Waals surface area contributed by atoms with Crippen LogP contribution in [0.5, 0.6) is 0 Å². The van der Waals surface area contributed by atoms with E-state index in [4.69, 9.17) is 18.8 Å². The van der Waals surface area contributed by atoms with E-state index in [1.54, 1.807) is 0 Å². The van der Waals surface area contributed by atoms with E-state index in [1.807, 2.05) is 34.8 Å². The normalized spacial score (nSPS) is 11.9. The lowest BCUT2D eigenvalue weighted by Crippen LogP contribution is -1.93. The van der Waals surface area contributed by atoms with Gasteiger partial charge in [-0.2, -0.15) is 0 Å². The molecule has 0 saturated carbocycles. The van der Waals surface area contributed by atoms with Crippen molar-refractivity contribution in [3.8, 4) is 67.0 Å². The number of aromatic nitrogens is 2. The Labute approximate surface area is 535 Å². The van der Waals surface area contributed by atoms with Gasteiger partial charge >= 0.3 is 0 Å². The van der Waals surface area contributed by atoms with Crippen molar-refractivity contribution >= 4 is 150 Å². The van der Waals surface area contributed by atoms with Gasteiger partial charge in [-0.15, -0.1) is 22.7 Å². The highest BCUT2D eigenvalue weighted by atomic mass is 32.1. The van der Waals surface area contributed by atoms with Crippen molar-refractivity contribution in [3.05, 3.63) is 303 Å². The fourth-order valence-corrected chi connectivity index (χ4v) is 16.6. The summed E-state index contributed by atoms with van der Waals surface area (Å²) >= 11 is 3.71. The summed E-state index contributed by atoms with van der Waals surface area (Å²) in [5.74, 6) is 0. The Hall–Kier alpha value is -11.5. The minimum atomic E-state index is 0.874. The summed E-state index contributed by atoms with van der Waals surface area (Å²) in [4.78, 5) is 10.6. The first-order valence-electron chi connectivity index (χ1n) is 31.1. The van der Waals surface area contributed by atoms with Gasteiger partial charge in [-0.25, -0.2) is 9.97 Å². The first kappa shape index (κ1) is 52.4. The van der Waals surface area contributed by atoms with Crippen LogP contribution in [0, 0.1) is 0 Å². The molecule has 0 spiro atoms. The number of pyridine rings is 2. The van der Waals surface area contributed by atoms with Gasteiger partial charge in [0.1, 0.15) is 22.3 Å². The molecule has 14 aromatic carbocycles. The average Bonchev–Trinajstić information content (AvgIpc) is 1.44. The molecular formula is C86H50N2O2S2. The molecule has 0 aliphatic carbocycles. The van der Waals surface area contributed by atoms with Gasteiger partial charge in [0.2, 0.25) is 0 Å². The number of hydrogen-bond donors (Lipinski definition) is 0. The molecule has 92 heavy (non-hydrogen) atoms. The van der Waals surface area contributed by atoms with Crippen molar-refractivity contribution in [2.75, 3.05) is 0 Å². The van der Waals surface area contributed by atoms with Gasteiger partial charge < -0.3 is 8.83 Å². The smallest absolute Gasteiger partial charge is 0.136 e. The number of rotatable bonds is 6. The summed E-state index contributed by atoms with van der Waals surface area (Å²) in [6.45, 7) is 0. The zero-order valence-electron chi connectivity index (χ0n) is 49.4. The highest BCUT2D eigenvalue weighted by molar-refractivity contribution is 7.26. The molecule has 20 aromatic rings. The van der Waals surface area contributed by atoms with Crippen molar-refractivity contribution in [2.24, 2.45) is 0 Å². The third-order valence-corrected chi connectivity index (χ3v) is 20.8. The lowest BCUT2D eigenvalue weighted by Gasteiger charge is -2.16. The number of fused-ring (bicyclic) bond motifs is 18. The highest BCUT2D eigenvalue weighted by Gasteiger charge is 2.24. The molecule has 0 aliphatic heterocycles. The summed E-state index contributed by atoms with van der Waals surface area (Å²) in [6, 6.07) is 108. The van der Waals surface area contributed by atoms with E-state index in [0.29, 0.717) is 0 Å². The van der Waals surface area contributed by atoms with Crippen molar-refractivity contribution in [1.82, 2.24) is 9.97 Å². The number of nitrogens with zero attached hydrogens (tertiary/aromatic N) is 2. The molecule has 6 aromatic heterocycles.